The standard InChI is InChI=1S/C17H28O/c1-12-8-9-17(11-18,10-13(12)2)15-7-6-14(3)16(15,4)5/h6,15,18H,7-11H2,1-5H3. The van der Waals surface area contributed by atoms with Crippen LogP contribution in [0, 0.1) is 16.7 Å². The van der Waals surface area contributed by atoms with Crippen LogP contribution in [0.25, 0.3) is 0 Å². The molecule has 2 aliphatic carbocycles. The van der Waals surface area contributed by atoms with E-state index in [0.29, 0.717) is 12.5 Å². The Balaban J connectivity index is 2.31. The molecule has 0 saturated carbocycles. The first-order chi connectivity index (χ1) is 8.33. The summed E-state index contributed by atoms with van der Waals surface area (Å²) in [5, 5.41) is 10.1. The van der Waals surface area contributed by atoms with E-state index in [4.69, 9.17) is 0 Å². The molecule has 0 amide bonds. The molecular formula is C17H28O. The Morgan fingerprint density at radius 1 is 1.22 bits per heavy atom. The summed E-state index contributed by atoms with van der Waals surface area (Å²) < 4.78 is 0. The van der Waals surface area contributed by atoms with Crippen molar-refractivity contribution in [2.75, 3.05) is 6.61 Å². The predicted molar refractivity (Wildman–Crippen MR) is 77.4 cm³/mol. The van der Waals surface area contributed by atoms with E-state index in [1.165, 1.54) is 11.1 Å². The van der Waals surface area contributed by atoms with Gasteiger partial charge in [0.05, 0.1) is 0 Å². The summed E-state index contributed by atoms with van der Waals surface area (Å²) >= 11 is 0. The van der Waals surface area contributed by atoms with Crippen LogP contribution in [0.5, 0.6) is 0 Å². The summed E-state index contributed by atoms with van der Waals surface area (Å²) in [5.74, 6) is 0.595. The lowest BCUT2D eigenvalue weighted by molar-refractivity contribution is 0.00557. The molecule has 18 heavy (non-hydrogen) atoms. The topological polar surface area (TPSA) is 20.2 Å². The van der Waals surface area contributed by atoms with Crippen molar-refractivity contribution in [1.82, 2.24) is 0 Å². The van der Waals surface area contributed by atoms with Crippen molar-refractivity contribution >= 4 is 0 Å². The molecule has 0 bridgehead atoms. The summed E-state index contributed by atoms with van der Waals surface area (Å²) in [6, 6.07) is 0. The third-order valence-corrected chi connectivity index (χ3v) is 5.95. The van der Waals surface area contributed by atoms with Crippen molar-refractivity contribution in [2.24, 2.45) is 16.7 Å². The number of allylic oxidation sites excluding steroid dienone is 4. The molecule has 0 aromatic rings. The highest BCUT2D eigenvalue weighted by molar-refractivity contribution is 5.25. The summed E-state index contributed by atoms with van der Waals surface area (Å²) in [5.41, 5.74) is 4.91. The quantitative estimate of drug-likeness (QED) is 0.714. The summed E-state index contributed by atoms with van der Waals surface area (Å²) in [6.45, 7) is 11.8. The number of aliphatic hydroxyl groups excluding tert-OH is 1. The highest BCUT2D eigenvalue weighted by Gasteiger charge is 2.49. The first-order valence-electron chi connectivity index (χ1n) is 7.27. The van der Waals surface area contributed by atoms with Crippen molar-refractivity contribution in [2.45, 2.75) is 60.3 Å². The van der Waals surface area contributed by atoms with Crippen molar-refractivity contribution in [3.63, 3.8) is 0 Å². The molecule has 1 N–H and O–H groups in total. The molecular weight excluding hydrogens is 220 g/mol. The zero-order valence-corrected chi connectivity index (χ0v) is 12.6. The molecule has 0 heterocycles. The highest BCUT2D eigenvalue weighted by atomic mass is 16.3. The molecule has 0 radical (unpaired) electrons. The van der Waals surface area contributed by atoms with Crippen LogP contribution in [0.1, 0.15) is 60.3 Å². The number of rotatable bonds is 2. The maximum atomic E-state index is 10.1. The van der Waals surface area contributed by atoms with Crippen LogP contribution < -0.4 is 0 Å². The van der Waals surface area contributed by atoms with Gasteiger partial charge >= 0.3 is 0 Å². The molecule has 0 spiro atoms. The molecule has 1 nitrogen and oxygen atoms in total. The van der Waals surface area contributed by atoms with E-state index in [0.717, 1.165) is 25.7 Å². The van der Waals surface area contributed by atoms with Gasteiger partial charge in [-0.1, -0.05) is 36.6 Å². The maximum absolute atomic E-state index is 10.1. The number of aliphatic hydroxyl groups is 1. The molecule has 0 aromatic carbocycles. The van der Waals surface area contributed by atoms with Crippen molar-refractivity contribution in [3.05, 3.63) is 22.8 Å². The van der Waals surface area contributed by atoms with Gasteiger partial charge < -0.3 is 5.11 Å². The molecule has 0 fully saturated rings. The fourth-order valence-electron chi connectivity index (χ4n) is 4.10. The van der Waals surface area contributed by atoms with Gasteiger partial charge in [0.1, 0.15) is 0 Å². The van der Waals surface area contributed by atoms with Crippen LogP contribution in [0.2, 0.25) is 0 Å². The molecule has 1 heteroatoms. The second kappa shape index (κ2) is 4.52. The van der Waals surface area contributed by atoms with Crippen LogP contribution >= 0.6 is 0 Å². The molecule has 2 aliphatic rings. The first-order valence-corrected chi connectivity index (χ1v) is 7.27. The lowest BCUT2D eigenvalue weighted by Gasteiger charge is -2.48. The van der Waals surface area contributed by atoms with Gasteiger partial charge in [-0.05, 0) is 57.8 Å². The molecule has 2 unspecified atom stereocenters. The number of hydrogen-bond donors (Lipinski definition) is 1. The van der Waals surface area contributed by atoms with Gasteiger partial charge in [0.25, 0.3) is 0 Å². The van der Waals surface area contributed by atoms with Crippen LogP contribution in [-0.2, 0) is 0 Å². The first kappa shape index (κ1) is 13.9. The van der Waals surface area contributed by atoms with Crippen molar-refractivity contribution in [3.8, 4) is 0 Å². The zero-order valence-electron chi connectivity index (χ0n) is 12.6. The average Bonchev–Trinajstić information content (AvgIpc) is 2.59. The second-order valence-electron chi connectivity index (χ2n) is 7.16. The van der Waals surface area contributed by atoms with Crippen LogP contribution in [0.3, 0.4) is 0 Å². The van der Waals surface area contributed by atoms with E-state index in [1.807, 2.05) is 0 Å². The molecule has 0 saturated heterocycles. The second-order valence-corrected chi connectivity index (χ2v) is 7.16. The maximum Gasteiger partial charge on any atom is 0.0493 e. The van der Waals surface area contributed by atoms with E-state index < -0.39 is 0 Å². The third-order valence-electron chi connectivity index (χ3n) is 5.95. The van der Waals surface area contributed by atoms with Gasteiger partial charge in [0, 0.05) is 12.0 Å². The molecule has 2 atom stereocenters. The van der Waals surface area contributed by atoms with Crippen LogP contribution in [0.15, 0.2) is 22.8 Å². The van der Waals surface area contributed by atoms with Gasteiger partial charge in [-0.3, -0.25) is 0 Å². The Labute approximate surface area is 112 Å². The van der Waals surface area contributed by atoms with Crippen molar-refractivity contribution in [1.29, 1.82) is 0 Å². The van der Waals surface area contributed by atoms with E-state index >= 15 is 0 Å². The molecule has 102 valence electrons. The van der Waals surface area contributed by atoms with E-state index in [-0.39, 0.29) is 10.8 Å². The normalized spacial score (nSPS) is 35.9. The van der Waals surface area contributed by atoms with Crippen molar-refractivity contribution < 1.29 is 5.11 Å². The van der Waals surface area contributed by atoms with Crippen LogP contribution in [-0.4, -0.2) is 11.7 Å². The fraction of sp³-hybridized carbons (Fsp3) is 0.765. The SMILES string of the molecule is CC1=CCC(C2(CO)CCC(C)=C(C)C2)C1(C)C. The minimum atomic E-state index is 0.112. The number of hydrogen-bond acceptors (Lipinski definition) is 1. The minimum Gasteiger partial charge on any atom is -0.396 e. The smallest absolute Gasteiger partial charge is 0.0493 e. The Morgan fingerprint density at radius 3 is 2.33 bits per heavy atom. The lowest BCUT2D eigenvalue weighted by Crippen LogP contribution is -2.42. The Morgan fingerprint density at radius 2 is 1.89 bits per heavy atom. The third kappa shape index (κ3) is 1.97. The predicted octanol–water partition coefficient (Wildman–Crippen LogP) is 4.48. The van der Waals surface area contributed by atoms with Gasteiger partial charge in [-0.15, -0.1) is 0 Å². The Bertz CT molecular complexity index is 400. The van der Waals surface area contributed by atoms with E-state index in [1.54, 1.807) is 5.57 Å². The fourth-order valence-corrected chi connectivity index (χ4v) is 4.10. The van der Waals surface area contributed by atoms with Gasteiger partial charge in [0.2, 0.25) is 0 Å². The lowest BCUT2D eigenvalue weighted by atomic mass is 9.57. The van der Waals surface area contributed by atoms with Gasteiger partial charge in [-0.25, -0.2) is 0 Å². The van der Waals surface area contributed by atoms with Crippen LogP contribution in [0.4, 0.5) is 0 Å². The Kier molecular flexibility index (Phi) is 3.48. The minimum absolute atomic E-state index is 0.112. The van der Waals surface area contributed by atoms with Gasteiger partial charge in [-0.2, -0.15) is 0 Å². The Hall–Kier alpha value is -0.560. The van der Waals surface area contributed by atoms with E-state index in [2.05, 4.69) is 40.7 Å². The molecule has 0 aromatic heterocycles. The zero-order chi connectivity index (χ0) is 13.6. The largest absolute Gasteiger partial charge is 0.396 e. The summed E-state index contributed by atoms with van der Waals surface area (Å²) in [6.07, 6.45) is 6.94. The summed E-state index contributed by atoms with van der Waals surface area (Å²) in [7, 11) is 0. The van der Waals surface area contributed by atoms with E-state index in [9.17, 15) is 5.11 Å². The average molecular weight is 248 g/mol. The monoisotopic (exact) mass is 248 g/mol. The molecule has 2 rings (SSSR count). The van der Waals surface area contributed by atoms with Gasteiger partial charge in [0.15, 0.2) is 0 Å². The molecule has 0 aliphatic heterocycles. The summed E-state index contributed by atoms with van der Waals surface area (Å²) in [4.78, 5) is 0. The highest BCUT2D eigenvalue weighted by Crippen LogP contribution is 2.57.